The van der Waals surface area contributed by atoms with Gasteiger partial charge >= 0.3 is 5.97 Å². The number of aromatic nitrogens is 2. The molecule has 0 saturated carbocycles. The number of rotatable bonds is 6. The summed E-state index contributed by atoms with van der Waals surface area (Å²) in [5.74, 6) is 1.94. The van der Waals surface area contributed by atoms with Crippen LogP contribution in [0, 0.1) is 5.92 Å². The first kappa shape index (κ1) is 17.3. The van der Waals surface area contributed by atoms with Crippen LogP contribution in [0.4, 0.5) is 5.82 Å². The molecular formula is C18H23N3O4. The Labute approximate surface area is 146 Å². The lowest BCUT2D eigenvalue weighted by atomic mass is 9.92. The summed E-state index contributed by atoms with van der Waals surface area (Å²) in [6, 6.07) is 3.78. The number of carboxylic acids is 1. The van der Waals surface area contributed by atoms with E-state index in [-0.39, 0.29) is 6.42 Å². The van der Waals surface area contributed by atoms with Gasteiger partial charge in [-0.05, 0) is 31.2 Å². The summed E-state index contributed by atoms with van der Waals surface area (Å²) in [6.07, 6.45) is 4.52. The van der Waals surface area contributed by atoms with Crippen LogP contribution in [0.5, 0.6) is 11.5 Å². The normalized spacial score (nSPS) is 15.4. The molecule has 1 fully saturated rings. The summed E-state index contributed by atoms with van der Waals surface area (Å²) in [4.78, 5) is 21.8. The number of benzene rings is 1. The van der Waals surface area contributed by atoms with Gasteiger partial charge in [-0.2, -0.15) is 0 Å². The van der Waals surface area contributed by atoms with E-state index in [0.717, 1.165) is 49.1 Å². The smallest absolute Gasteiger partial charge is 0.303 e. The molecule has 0 radical (unpaired) electrons. The van der Waals surface area contributed by atoms with E-state index in [1.807, 2.05) is 12.1 Å². The monoisotopic (exact) mass is 345 g/mol. The summed E-state index contributed by atoms with van der Waals surface area (Å²) in [5.41, 5.74) is 0.815. The van der Waals surface area contributed by atoms with Crippen LogP contribution >= 0.6 is 0 Å². The van der Waals surface area contributed by atoms with Crippen molar-refractivity contribution in [3.8, 4) is 11.5 Å². The van der Waals surface area contributed by atoms with Crippen molar-refractivity contribution in [3.63, 3.8) is 0 Å². The Kier molecular flexibility index (Phi) is 5.21. The van der Waals surface area contributed by atoms with E-state index >= 15 is 0 Å². The van der Waals surface area contributed by atoms with Gasteiger partial charge in [-0.1, -0.05) is 0 Å². The van der Waals surface area contributed by atoms with Crippen molar-refractivity contribution in [1.82, 2.24) is 9.97 Å². The van der Waals surface area contributed by atoms with Crippen molar-refractivity contribution < 1.29 is 19.4 Å². The lowest BCUT2D eigenvalue weighted by molar-refractivity contribution is -0.137. The fraction of sp³-hybridized carbons (Fsp3) is 0.500. The minimum absolute atomic E-state index is 0.248. The molecule has 0 atom stereocenters. The van der Waals surface area contributed by atoms with E-state index in [1.54, 1.807) is 20.5 Å². The van der Waals surface area contributed by atoms with Crippen molar-refractivity contribution in [2.24, 2.45) is 5.92 Å². The van der Waals surface area contributed by atoms with E-state index in [2.05, 4.69) is 14.9 Å². The molecule has 0 amide bonds. The van der Waals surface area contributed by atoms with Gasteiger partial charge in [0.2, 0.25) is 0 Å². The standard InChI is InChI=1S/C18H23N3O4/c1-24-15-9-13-14(10-16(15)25-2)19-11-20-18(13)21-7-5-12(6-8-21)3-4-17(22)23/h9-12H,3-8H2,1-2H3,(H,22,23). The quantitative estimate of drug-likeness (QED) is 0.861. The number of anilines is 1. The molecule has 7 nitrogen and oxygen atoms in total. The molecule has 0 spiro atoms. The van der Waals surface area contributed by atoms with Gasteiger partial charge in [-0.3, -0.25) is 4.79 Å². The number of hydrogen-bond donors (Lipinski definition) is 1. The van der Waals surface area contributed by atoms with E-state index < -0.39 is 5.97 Å². The van der Waals surface area contributed by atoms with Gasteiger partial charge in [-0.15, -0.1) is 0 Å². The van der Waals surface area contributed by atoms with Gasteiger partial charge < -0.3 is 19.5 Å². The Balaban J connectivity index is 1.81. The molecule has 1 aliphatic heterocycles. The second-order valence-corrected chi connectivity index (χ2v) is 6.28. The summed E-state index contributed by atoms with van der Waals surface area (Å²) in [5, 5.41) is 9.77. The molecule has 1 N–H and O–H groups in total. The maximum atomic E-state index is 10.7. The first-order valence-electron chi connectivity index (χ1n) is 8.46. The highest BCUT2D eigenvalue weighted by molar-refractivity contribution is 5.92. The summed E-state index contributed by atoms with van der Waals surface area (Å²) in [7, 11) is 3.22. The zero-order valence-electron chi connectivity index (χ0n) is 14.6. The van der Waals surface area contributed by atoms with Gasteiger partial charge in [0, 0.05) is 31.0 Å². The summed E-state index contributed by atoms with van der Waals surface area (Å²) in [6.45, 7) is 1.73. The molecular weight excluding hydrogens is 322 g/mol. The van der Waals surface area contributed by atoms with Crippen LogP contribution in [-0.4, -0.2) is 48.4 Å². The lowest BCUT2D eigenvalue weighted by Crippen LogP contribution is -2.34. The largest absolute Gasteiger partial charge is 0.493 e. The van der Waals surface area contributed by atoms with Crippen molar-refractivity contribution in [2.75, 3.05) is 32.2 Å². The van der Waals surface area contributed by atoms with Crippen LogP contribution in [-0.2, 0) is 4.79 Å². The SMILES string of the molecule is COc1cc2ncnc(N3CCC(CCC(=O)O)CC3)c2cc1OC. The molecule has 1 aromatic heterocycles. The average Bonchev–Trinajstić information content (AvgIpc) is 2.65. The number of piperidine rings is 1. The second kappa shape index (κ2) is 7.55. The van der Waals surface area contributed by atoms with Crippen molar-refractivity contribution in [2.45, 2.75) is 25.7 Å². The average molecular weight is 345 g/mol. The number of aliphatic carboxylic acids is 1. The highest BCUT2D eigenvalue weighted by Crippen LogP contribution is 2.36. The van der Waals surface area contributed by atoms with Gasteiger partial charge in [-0.25, -0.2) is 9.97 Å². The maximum absolute atomic E-state index is 10.7. The van der Waals surface area contributed by atoms with Crippen molar-refractivity contribution in [3.05, 3.63) is 18.5 Å². The predicted octanol–water partition coefficient (Wildman–Crippen LogP) is 2.73. The Morgan fingerprint density at radius 1 is 1.20 bits per heavy atom. The van der Waals surface area contributed by atoms with E-state index in [0.29, 0.717) is 17.4 Å². The van der Waals surface area contributed by atoms with E-state index in [9.17, 15) is 4.79 Å². The first-order chi connectivity index (χ1) is 12.1. The molecule has 134 valence electrons. The molecule has 0 bridgehead atoms. The Bertz CT molecular complexity index is 757. The van der Waals surface area contributed by atoms with E-state index in [4.69, 9.17) is 14.6 Å². The molecule has 25 heavy (non-hydrogen) atoms. The van der Waals surface area contributed by atoms with Crippen LogP contribution in [0.15, 0.2) is 18.5 Å². The number of methoxy groups -OCH3 is 2. The number of carbonyl (C=O) groups is 1. The van der Waals surface area contributed by atoms with Crippen molar-refractivity contribution >= 4 is 22.7 Å². The third-order valence-corrected chi connectivity index (χ3v) is 4.80. The Hall–Kier alpha value is -2.57. The molecule has 2 aromatic rings. The van der Waals surface area contributed by atoms with Crippen LogP contribution in [0.25, 0.3) is 10.9 Å². The lowest BCUT2D eigenvalue weighted by Gasteiger charge is -2.33. The molecule has 1 aliphatic rings. The highest BCUT2D eigenvalue weighted by atomic mass is 16.5. The highest BCUT2D eigenvalue weighted by Gasteiger charge is 2.23. The van der Waals surface area contributed by atoms with Crippen LogP contribution in [0.1, 0.15) is 25.7 Å². The predicted molar refractivity (Wildman–Crippen MR) is 94.4 cm³/mol. The van der Waals surface area contributed by atoms with Gasteiger partial charge in [0.15, 0.2) is 11.5 Å². The van der Waals surface area contributed by atoms with Crippen LogP contribution in [0.3, 0.4) is 0 Å². The van der Waals surface area contributed by atoms with Gasteiger partial charge in [0.25, 0.3) is 0 Å². The third-order valence-electron chi connectivity index (χ3n) is 4.80. The number of hydrogen-bond acceptors (Lipinski definition) is 6. The fourth-order valence-electron chi connectivity index (χ4n) is 3.38. The zero-order valence-corrected chi connectivity index (χ0v) is 14.6. The number of fused-ring (bicyclic) bond motifs is 1. The second-order valence-electron chi connectivity index (χ2n) is 6.28. The van der Waals surface area contributed by atoms with E-state index in [1.165, 1.54) is 0 Å². The third kappa shape index (κ3) is 3.75. The molecule has 2 heterocycles. The summed E-state index contributed by atoms with van der Waals surface area (Å²) < 4.78 is 10.7. The number of ether oxygens (including phenoxy) is 2. The molecule has 1 aromatic carbocycles. The minimum atomic E-state index is -0.717. The molecule has 1 saturated heterocycles. The molecule has 0 aliphatic carbocycles. The Morgan fingerprint density at radius 2 is 1.88 bits per heavy atom. The van der Waals surface area contributed by atoms with Crippen molar-refractivity contribution in [1.29, 1.82) is 0 Å². The first-order valence-corrected chi connectivity index (χ1v) is 8.46. The molecule has 7 heteroatoms. The zero-order chi connectivity index (χ0) is 17.8. The minimum Gasteiger partial charge on any atom is -0.493 e. The molecule has 0 unspecified atom stereocenters. The topological polar surface area (TPSA) is 84.8 Å². The number of nitrogens with zero attached hydrogens (tertiary/aromatic N) is 3. The van der Waals surface area contributed by atoms with Gasteiger partial charge in [0.05, 0.1) is 19.7 Å². The summed E-state index contributed by atoms with van der Waals surface area (Å²) >= 11 is 0. The molecule has 3 rings (SSSR count). The van der Waals surface area contributed by atoms with Crippen LogP contribution in [0.2, 0.25) is 0 Å². The Morgan fingerprint density at radius 3 is 2.52 bits per heavy atom. The fourth-order valence-corrected chi connectivity index (χ4v) is 3.38. The maximum Gasteiger partial charge on any atom is 0.303 e. The number of carboxylic acid groups (broad SMARTS) is 1. The van der Waals surface area contributed by atoms with Crippen LogP contribution < -0.4 is 14.4 Å². The van der Waals surface area contributed by atoms with Gasteiger partial charge in [0.1, 0.15) is 12.1 Å².